The molecule has 0 saturated heterocycles. The van der Waals surface area contributed by atoms with Gasteiger partial charge >= 0.3 is 0 Å². The van der Waals surface area contributed by atoms with Crippen LogP contribution in [-0.2, 0) is 0 Å². The zero-order valence-corrected chi connectivity index (χ0v) is 11.1. The topological polar surface area (TPSA) is 57.2 Å². The molecule has 1 aliphatic rings. The minimum absolute atomic E-state index is 0.0708. The summed E-state index contributed by atoms with van der Waals surface area (Å²) >= 11 is 0. The molecule has 4 heteroatoms. The molecule has 0 bridgehead atoms. The van der Waals surface area contributed by atoms with Crippen molar-refractivity contribution in [3.8, 4) is 0 Å². The molecule has 1 saturated carbocycles. The fraction of sp³-hybridized carbons (Fsp3) is 0.643. The van der Waals surface area contributed by atoms with E-state index in [2.05, 4.69) is 15.6 Å². The fourth-order valence-corrected chi connectivity index (χ4v) is 2.66. The van der Waals surface area contributed by atoms with Crippen molar-refractivity contribution in [2.45, 2.75) is 32.1 Å². The van der Waals surface area contributed by atoms with Crippen molar-refractivity contribution >= 4 is 11.5 Å². The van der Waals surface area contributed by atoms with Crippen LogP contribution in [0.2, 0.25) is 0 Å². The van der Waals surface area contributed by atoms with Gasteiger partial charge in [-0.15, -0.1) is 0 Å². The van der Waals surface area contributed by atoms with Crippen molar-refractivity contribution in [3.63, 3.8) is 0 Å². The van der Waals surface area contributed by atoms with Gasteiger partial charge in [0.15, 0.2) is 0 Å². The zero-order chi connectivity index (χ0) is 12.8. The molecular weight excluding hydrogens is 226 g/mol. The standard InChI is InChI=1S/C14H23N3O/c1-15-13-9-12(5-8-16-13)17-10-14(11-18)6-3-2-4-7-14/h5,8-9,18H,2-4,6-7,10-11H2,1H3,(H2,15,16,17). The number of anilines is 2. The molecule has 0 atom stereocenters. The Labute approximate surface area is 109 Å². The lowest BCUT2D eigenvalue weighted by Gasteiger charge is -2.36. The Morgan fingerprint density at radius 3 is 2.78 bits per heavy atom. The third kappa shape index (κ3) is 3.13. The van der Waals surface area contributed by atoms with Crippen LogP contribution in [0.4, 0.5) is 11.5 Å². The van der Waals surface area contributed by atoms with Gasteiger partial charge in [-0.2, -0.15) is 0 Å². The molecular formula is C14H23N3O. The molecule has 2 rings (SSSR count). The number of nitrogens with zero attached hydrogens (tertiary/aromatic N) is 1. The molecule has 0 spiro atoms. The quantitative estimate of drug-likeness (QED) is 0.750. The van der Waals surface area contributed by atoms with E-state index in [4.69, 9.17) is 0 Å². The Balaban J connectivity index is 1.96. The van der Waals surface area contributed by atoms with Gasteiger partial charge in [0.1, 0.15) is 5.82 Å². The van der Waals surface area contributed by atoms with Crippen molar-refractivity contribution < 1.29 is 5.11 Å². The van der Waals surface area contributed by atoms with E-state index in [0.717, 1.165) is 30.9 Å². The molecule has 0 radical (unpaired) electrons. The predicted octanol–water partition coefficient (Wildman–Crippen LogP) is 2.48. The van der Waals surface area contributed by atoms with Crippen LogP contribution in [0.1, 0.15) is 32.1 Å². The lowest BCUT2D eigenvalue weighted by Crippen LogP contribution is -2.35. The van der Waals surface area contributed by atoms with E-state index in [1.165, 1.54) is 19.3 Å². The third-order valence-electron chi connectivity index (χ3n) is 3.93. The van der Waals surface area contributed by atoms with Crippen LogP contribution in [-0.4, -0.2) is 30.3 Å². The average molecular weight is 249 g/mol. The summed E-state index contributed by atoms with van der Waals surface area (Å²) < 4.78 is 0. The summed E-state index contributed by atoms with van der Waals surface area (Å²) in [6, 6.07) is 3.96. The maximum atomic E-state index is 9.66. The first kappa shape index (κ1) is 13.1. The monoisotopic (exact) mass is 249 g/mol. The molecule has 1 aromatic heterocycles. The number of pyridine rings is 1. The molecule has 1 fully saturated rings. The highest BCUT2D eigenvalue weighted by molar-refractivity contribution is 5.51. The Hall–Kier alpha value is -1.29. The number of nitrogens with one attached hydrogen (secondary N) is 2. The summed E-state index contributed by atoms with van der Waals surface area (Å²) in [5.74, 6) is 0.863. The number of aliphatic hydroxyl groups excluding tert-OH is 1. The third-order valence-corrected chi connectivity index (χ3v) is 3.93. The molecule has 18 heavy (non-hydrogen) atoms. The van der Waals surface area contributed by atoms with Crippen molar-refractivity contribution in [1.82, 2.24) is 4.98 Å². The lowest BCUT2D eigenvalue weighted by molar-refractivity contribution is 0.0944. The van der Waals surface area contributed by atoms with Gasteiger partial charge in [-0.1, -0.05) is 19.3 Å². The van der Waals surface area contributed by atoms with E-state index in [1.807, 2.05) is 19.2 Å². The van der Waals surface area contributed by atoms with Crippen molar-refractivity contribution in [3.05, 3.63) is 18.3 Å². The van der Waals surface area contributed by atoms with Crippen LogP contribution < -0.4 is 10.6 Å². The van der Waals surface area contributed by atoms with Gasteiger partial charge in [0.2, 0.25) is 0 Å². The second kappa shape index (κ2) is 6.05. The number of rotatable bonds is 5. The highest BCUT2D eigenvalue weighted by Gasteiger charge is 2.30. The maximum absolute atomic E-state index is 9.66. The van der Waals surface area contributed by atoms with Gasteiger partial charge in [-0.05, 0) is 18.9 Å². The van der Waals surface area contributed by atoms with Crippen LogP contribution in [0, 0.1) is 5.41 Å². The van der Waals surface area contributed by atoms with Gasteiger partial charge in [0.25, 0.3) is 0 Å². The maximum Gasteiger partial charge on any atom is 0.127 e. The fourth-order valence-electron chi connectivity index (χ4n) is 2.66. The van der Waals surface area contributed by atoms with E-state index >= 15 is 0 Å². The Morgan fingerprint density at radius 1 is 1.33 bits per heavy atom. The molecule has 3 N–H and O–H groups in total. The van der Waals surface area contributed by atoms with Crippen molar-refractivity contribution in [2.24, 2.45) is 5.41 Å². The van der Waals surface area contributed by atoms with Crippen LogP contribution >= 0.6 is 0 Å². The summed E-state index contributed by atoms with van der Waals surface area (Å²) in [4.78, 5) is 4.19. The minimum Gasteiger partial charge on any atom is -0.396 e. The van der Waals surface area contributed by atoms with Crippen molar-refractivity contribution in [2.75, 3.05) is 30.8 Å². The van der Waals surface area contributed by atoms with Gasteiger partial charge in [-0.25, -0.2) is 4.98 Å². The van der Waals surface area contributed by atoms with Gasteiger partial charge in [0.05, 0.1) is 6.61 Å². The molecule has 1 heterocycles. The van der Waals surface area contributed by atoms with E-state index in [9.17, 15) is 5.11 Å². The number of aliphatic hydroxyl groups is 1. The van der Waals surface area contributed by atoms with Gasteiger partial charge in [0, 0.05) is 37.0 Å². The van der Waals surface area contributed by atoms with Crippen LogP contribution in [0.15, 0.2) is 18.3 Å². The van der Waals surface area contributed by atoms with Crippen molar-refractivity contribution in [1.29, 1.82) is 0 Å². The van der Waals surface area contributed by atoms with Gasteiger partial charge in [-0.3, -0.25) is 0 Å². The van der Waals surface area contributed by atoms with E-state index in [-0.39, 0.29) is 12.0 Å². The minimum atomic E-state index is 0.0708. The van der Waals surface area contributed by atoms with E-state index in [1.54, 1.807) is 6.20 Å². The highest BCUT2D eigenvalue weighted by atomic mass is 16.3. The van der Waals surface area contributed by atoms with E-state index < -0.39 is 0 Å². The second-order valence-corrected chi connectivity index (χ2v) is 5.25. The SMILES string of the molecule is CNc1cc(NCC2(CO)CCCCC2)ccn1. The summed E-state index contributed by atoms with van der Waals surface area (Å²) in [5, 5.41) is 16.1. The molecule has 0 unspecified atom stereocenters. The summed E-state index contributed by atoms with van der Waals surface area (Å²) in [7, 11) is 1.86. The average Bonchev–Trinajstić information content (AvgIpc) is 2.46. The Kier molecular flexibility index (Phi) is 4.42. The lowest BCUT2D eigenvalue weighted by atomic mass is 9.74. The zero-order valence-electron chi connectivity index (χ0n) is 11.1. The highest BCUT2D eigenvalue weighted by Crippen LogP contribution is 2.36. The Morgan fingerprint density at radius 2 is 2.11 bits per heavy atom. The Bertz CT molecular complexity index is 375. The number of hydrogen-bond donors (Lipinski definition) is 3. The van der Waals surface area contributed by atoms with Crippen LogP contribution in [0.25, 0.3) is 0 Å². The van der Waals surface area contributed by atoms with Gasteiger partial charge < -0.3 is 15.7 Å². The molecule has 100 valence electrons. The smallest absolute Gasteiger partial charge is 0.127 e. The summed E-state index contributed by atoms with van der Waals surface area (Å²) in [6.07, 6.45) is 7.82. The van der Waals surface area contributed by atoms with Crippen LogP contribution in [0.5, 0.6) is 0 Å². The molecule has 0 aromatic carbocycles. The number of hydrogen-bond acceptors (Lipinski definition) is 4. The molecule has 0 amide bonds. The molecule has 0 aliphatic heterocycles. The predicted molar refractivity (Wildman–Crippen MR) is 74.9 cm³/mol. The van der Waals surface area contributed by atoms with E-state index in [0.29, 0.717) is 0 Å². The summed E-state index contributed by atoms with van der Waals surface area (Å²) in [6.45, 7) is 1.13. The number of aromatic nitrogens is 1. The normalized spacial score (nSPS) is 18.3. The second-order valence-electron chi connectivity index (χ2n) is 5.25. The van der Waals surface area contributed by atoms with Crippen LogP contribution in [0.3, 0.4) is 0 Å². The first-order valence-electron chi connectivity index (χ1n) is 6.77. The summed E-state index contributed by atoms with van der Waals surface area (Å²) in [5.41, 5.74) is 1.13. The molecule has 4 nitrogen and oxygen atoms in total. The first-order chi connectivity index (χ1) is 8.78. The first-order valence-corrected chi connectivity index (χ1v) is 6.77. The molecule has 1 aliphatic carbocycles. The largest absolute Gasteiger partial charge is 0.396 e. The molecule has 1 aromatic rings.